The maximum Gasteiger partial charge on any atom is 0.311 e. The number of ether oxygens (including phenoxy) is 2. The molecule has 6 heteroatoms. The number of rotatable bonds is 5. The SMILES string of the molecule is COC(=O)Cc1cccc(NC(=O)C[C@@H]2OCCc3ccccc32)n1. The van der Waals surface area contributed by atoms with Crippen LogP contribution in [0.4, 0.5) is 5.82 Å². The highest BCUT2D eigenvalue weighted by Gasteiger charge is 2.23. The standard InChI is InChI=1S/C19H20N2O4/c1-24-19(23)11-14-6-4-8-17(20-14)21-18(22)12-16-15-7-3-2-5-13(15)9-10-25-16/h2-8,16H,9-12H2,1H3,(H,20,21,22)/t16-/m0/s1. The van der Waals surface area contributed by atoms with Crippen LogP contribution < -0.4 is 5.32 Å². The lowest BCUT2D eigenvalue weighted by atomic mass is 9.95. The van der Waals surface area contributed by atoms with Gasteiger partial charge >= 0.3 is 5.97 Å². The second-order valence-corrected chi connectivity index (χ2v) is 5.83. The molecule has 3 rings (SSSR count). The average molecular weight is 340 g/mol. The molecule has 0 radical (unpaired) electrons. The Morgan fingerprint density at radius 3 is 2.92 bits per heavy atom. The van der Waals surface area contributed by atoms with E-state index in [-0.39, 0.29) is 30.8 Å². The van der Waals surface area contributed by atoms with Crippen LogP contribution in [0.1, 0.15) is 29.3 Å². The van der Waals surface area contributed by atoms with Gasteiger partial charge in [-0.3, -0.25) is 9.59 Å². The summed E-state index contributed by atoms with van der Waals surface area (Å²) in [6.45, 7) is 0.613. The highest BCUT2D eigenvalue weighted by Crippen LogP contribution is 2.29. The van der Waals surface area contributed by atoms with Crippen molar-refractivity contribution >= 4 is 17.7 Å². The molecule has 1 aromatic heterocycles. The first-order chi connectivity index (χ1) is 12.2. The Bertz CT molecular complexity index is 776. The van der Waals surface area contributed by atoms with Gasteiger partial charge in [-0.05, 0) is 29.7 Å². The number of benzene rings is 1. The van der Waals surface area contributed by atoms with Crippen molar-refractivity contribution in [2.24, 2.45) is 0 Å². The summed E-state index contributed by atoms with van der Waals surface area (Å²) < 4.78 is 10.4. The van der Waals surface area contributed by atoms with Crippen LogP contribution >= 0.6 is 0 Å². The monoisotopic (exact) mass is 340 g/mol. The van der Waals surface area contributed by atoms with Crippen molar-refractivity contribution in [1.29, 1.82) is 0 Å². The number of hydrogen-bond acceptors (Lipinski definition) is 5. The fourth-order valence-corrected chi connectivity index (χ4v) is 2.88. The molecule has 0 bridgehead atoms. The molecule has 0 unspecified atom stereocenters. The molecule has 0 aliphatic carbocycles. The van der Waals surface area contributed by atoms with E-state index in [4.69, 9.17) is 4.74 Å². The van der Waals surface area contributed by atoms with Crippen molar-refractivity contribution in [2.45, 2.75) is 25.4 Å². The van der Waals surface area contributed by atoms with Gasteiger partial charge in [0.1, 0.15) is 5.82 Å². The predicted molar refractivity (Wildman–Crippen MR) is 92.0 cm³/mol. The maximum absolute atomic E-state index is 12.4. The fraction of sp³-hybridized carbons (Fsp3) is 0.316. The number of fused-ring (bicyclic) bond motifs is 1. The van der Waals surface area contributed by atoms with Crippen LogP contribution in [0, 0.1) is 0 Å². The Hall–Kier alpha value is -2.73. The quantitative estimate of drug-likeness (QED) is 0.846. The van der Waals surface area contributed by atoms with E-state index in [0.717, 1.165) is 12.0 Å². The number of nitrogens with zero attached hydrogens (tertiary/aromatic N) is 1. The minimum atomic E-state index is -0.372. The van der Waals surface area contributed by atoms with Crippen molar-refractivity contribution in [3.8, 4) is 0 Å². The molecule has 1 aromatic carbocycles. The van der Waals surface area contributed by atoms with Gasteiger partial charge in [-0.25, -0.2) is 4.98 Å². The molecule has 2 heterocycles. The van der Waals surface area contributed by atoms with E-state index in [9.17, 15) is 9.59 Å². The van der Waals surface area contributed by atoms with Crippen LogP contribution in [0.15, 0.2) is 42.5 Å². The molecule has 1 amide bonds. The van der Waals surface area contributed by atoms with Crippen LogP contribution in [0.25, 0.3) is 0 Å². The summed E-state index contributed by atoms with van der Waals surface area (Å²) in [5, 5.41) is 2.77. The number of pyridine rings is 1. The second kappa shape index (κ2) is 7.90. The summed E-state index contributed by atoms with van der Waals surface area (Å²) in [5.74, 6) is -0.136. The van der Waals surface area contributed by atoms with Gasteiger partial charge in [0, 0.05) is 0 Å². The van der Waals surface area contributed by atoms with Gasteiger partial charge in [-0.1, -0.05) is 30.3 Å². The van der Waals surface area contributed by atoms with Crippen LogP contribution in [-0.2, 0) is 31.9 Å². The van der Waals surface area contributed by atoms with Crippen LogP contribution in [0.3, 0.4) is 0 Å². The number of nitrogens with one attached hydrogen (secondary N) is 1. The topological polar surface area (TPSA) is 77.5 Å². The van der Waals surface area contributed by atoms with Crippen molar-refractivity contribution in [2.75, 3.05) is 19.0 Å². The molecule has 1 atom stereocenters. The summed E-state index contributed by atoms with van der Waals surface area (Å²) in [6.07, 6.45) is 0.910. The summed E-state index contributed by atoms with van der Waals surface area (Å²) >= 11 is 0. The predicted octanol–water partition coefficient (Wildman–Crippen LogP) is 2.44. The molecule has 130 valence electrons. The van der Waals surface area contributed by atoms with Gasteiger partial charge in [0.25, 0.3) is 0 Å². The third-order valence-electron chi connectivity index (χ3n) is 4.09. The number of aromatic nitrogens is 1. The molecule has 1 N–H and O–H groups in total. The first kappa shape index (κ1) is 17.1. The van der Waals surface area contributed by atoms with Gasteiger partial charge in [-0.15, -0.1) is 0 Å². The zero-order valence-electron chi connectivity index (χ0n) is 14.0. The van der Waals surface area contributed by atoms with Gasteiger partial charge in [0.2, 0.25) is 5.91 Å². The fourth-order valence-electron chi connectivity index (χ4n) is 2.88. The van der Waals surface area contributed by atoms with Crippen molar-refractivity contribution in [3.05, 3.63) is 59.3 Å². The zero-order chi connectivity index (χ0) is 17.6. The highest BCUT2D eigenvalue weighted by atomic mass is 16.5. The lowest BCUT2D eigenvalue weighted by Gasteiger charge is -2.25. The lowest BCUT2D eigenvalue weighted by molar-refractivity contribution is -0.139. The number of amides is 1. The second-order valence-electron chi connectivity index (χ2n) is 5.83. The summed E-state index contributed by atoms with van der Waals surface area (Å²) in [5.41, 5.74) is 2.84. The molecule has 0 saturated heterocycles. The van der Waals surface area contributed by atoms with E-state index >= 15 is 0 Å². The van der Waals surface area contributed by atoms with E-state index in [1.165, 1.54) is 12.7 Å². The zero-order valence-corrected chi connectivity index (χ0v) is 14.0. The number of carbonyl (C=O) groups excluding carboxylic acids is 2. The number of hydrogen-bond donors (Lipinski definition) is 1. The van der Waals surface area contributed by atoms with E-state index in [2.05, 4.69) is 21.1 Å². The van der Waals surface area contributed by atoms with Crippen LogP contribution in [-0.4, -0.2) is 30.6 Å². The molecular formula is C19H20N2O4. The Morgan fingerprint density at radius 1 is 1.24 bits per heavy atom. The molecule has 6 nitrogen and oxygen atoms in total. The average Bonchev–Trinajstić information content (AvgIpc) is 2.62. The maximum atomic E-state index is 12.4. The molecule has 1 aliphatic rings. The number of esters is 1. The first-order valence-electron chi connectivity index (χ1n) is 8.17. The Kier molecular flexibility index (Phi) is 5.40. The Morgan fingerprint density at radius 2 is 2.08 bits per heavy atom. The normalized spacial score (nSPS) is 16.0. The highest BCUT2D eigenvalue weighted by molar-refractivity contribution is 5.90. The Labute approximate surface area is 146 Å². The number of methoxy groups -OCH3 is 1. The minimum absolute atomic E-state index is 0.0688. The van der Waals surface area contributed by atoms with E-state index in [1.807, 2.05) is 18.2 Å². The van der Waals surface area contributed by atoms with Crippen LogP contribution in [0.5, 0.6) is 0 Å². The van der Waals surface area contributed by atoms with Gasteiger partial charge in [-0.2, -0.15) is 0 Å². The third-order valence-corrected chi connectivity index (χ3v) is 4.09. The number of anilines is 1. The molecule has 2 aromatic rings. The van der Waals surface area contributed by atoms with Gasteiger partial charge in [0.15, 0.2) is 0 Å². The molecule has 0 saturated carbocycles. The largest absolute Gasteiger partial charge is 0.469 e. The van der Waals surface area contributed by atoms with Crippen molar-refractivity contribution in [1.82, 2.24) is 4.98 Å². The first-order valence-corrected chi connectivity index (χ1v) is 8.17. The molecule has 25 heavy (non-hydrogen) atoms. The molecule has 0 fully saturated rings. The van der Waals surface area contributed by atoms with Gasteiger partial charge in [0.05, 0.1) is 38.4 Å². The minimum Gasteiger partial charge on any atom is -0.469 e. The lowest BCUT2D eigenvalue weighted by Crippen LogP contribution is -2.22. The molecule has 0 spiro atoms. The van der Waals surface area contributed by atoms with E-state index < -0.39 is 0 Å². The molecular weight excluding hydrogens is 320 g/mol. The van der Waals surface area contributed by atoms with Crippen molar-refractivity contribution in [3.63, 3.8) is 0 Å². The number of carbonyl (C=O) groups is 2. The van der Waals surface area contributed by atoms with Crippen LogP contribution in [0.2, 0.25) is 0 Å². The summed E-state index contributed by atoms with van der Waals surface area (Å²) in [4.78, 5) is 28.0. The third kappa shape index (κ3) is 4.42. The van der Waals surface area contributed by atoms with Crippen molar-refractivity contribution < 1.29 is 19.1 Å². The van der Waals surface area contributed by atoms with E-state index in [0.29, 0.717) is 18.1 Å². The molecule has 1 aliphatic heterocycles. The van der Waals surface area contributed by atoms with Gasteiger partial charge < -0.3 is 14.8 Å². The smallest absolute Gasteiger partial charge is 0.311 e. The summed E-state index contributed by atoms with van der Waals surface area (Å²) in [6, 6.07) is 13.2. The summed E-state index contributed by atoms with van der Waals surface area (Å²) in [7, 11) is 1.33. The Balaban J connectivity index is 1.64. The van der Waals surface area contributed by atoms with E-state index in [1.54, 1.807) is 18.2 Å².